The Kier molecular flexibility index (Phi) is 10.6. The zero-order valence-electron chi connectivity index (χ0n) is 20.4. The lowest BCUT2D eigenvalue weighted by molar-refractivity contribution is -0.142. The van der Waals surface area contributed by atoms with Gasteiger partial charge in [-0.05, 0) is 63.8 Å². The Bertz CT molecular complexity index is 1160. The van der Waals surface area contributed by atoms with Crippen molar-refractivity contribution in [1.29, 1.82) is 0 Å². The van der Waals surface area contributed by atoms with Gasteiger partial charge in [-0.15, -0.1) is 0 Å². The Morgan fingerprint density at radius 1 is 1.03 bits per heavy atom. The monoisotopic (exact) mass is 572 g/mol. The molecule has 1 atom stereocenters. The van der Waals surface area contributed by atoms with Crippen LogP contribution < -0.4 is 14.8 Å². The van der Waals surface area contributed by atoms with Crippen LogP contribution >= 0.6 is 27.5 Å². The van der Waals surface area contributed by atoms with Crippen molar-refractivity contribution < 1.29 is 19.1 Å². The van der Waals surface area contributed by atoms with Gasteiger partial charge in [0, 0.05) is 24.5 Å². The van der Waals surface area contributed by atoms with Crippen LogP contribution in [0.2, 0.25) is 5.02 Å². The number of carbonyl (C=O) groups is 2. The van der Waals surface area contributed by atoms with E-state index in [1.807, 2.05) is 61.5 Å². The summed E-state index contributed by atoms with van der Waals surface area (Å²) in [7, 11) is 1.59. The van der Waals surface area contributed by atoms with Gasteiger partial charge in [-0.2, -0.15) is 0 Å². The van der Waals surface area contributed by atoms with Gasteiger partial charge in [0.15, 0.2) is 6.61 Å². The first-order valence-electron chi connectivity index (χ1n) is 11.7. The number of halogens is 2. The van der Waals surface area contributed by atoms with E-state index in [9.17, 15) is 9.59 Å². The zero-order chi connectivity index (χ0) is 25.9. The second-order valence-corrected chi connectivity index (χ2v) is 9.52. The van der Waals surface area contributed by atoms with Crippen LogP contribution in [0.15, 0.2) is 77.3 Å². The van der Waals surface area contributed by atoms with Crippen LogP contribution in [0.25, 0.3) is 0 Å². The number of hydrogen-bond acceptors (Lipinski definition) is 4. The number of methoxy groups -OCH3 is 1. The highest BCUT2D eigenvalue weighted by molar-refractivity contribution is 9.10. The van der Waals surface area contributed by atoms with Crippen molar-refractivity contribution in [3.63, 3.8) is 0 Å². The molecule has 0 aliphatic heterocycles. The number of nitrogens with one attached hydrogen (secondary N) is 1. The van der Waals surface area contributed by atoms with E-state index in [1.165, 1.54) is 0 Å². The smallest absolute Gasteiger partial charge is 0.261 e. The number of nitrogens with zero attached hydrogens (tertiary/aromatic N) is 1. The molecule has 0 bridgehead atoms. The second kappa shape index (κ2) is 13.9. The number of hydrogen-bond donors (Lipinski definition) is 1. The fraction of sp³-hybridized carbons (Fsp3) is 0.286. The van der Waals surface area contributed by atoms with Crippen LogP contribution in [0.1, 0.15) is 24.5 Å². The molecule has 36 heavy (non-hydrogen) atoms. The van der Waals surface area contributed by atoms with E-state index in [0.29, 0.717) is 34.0 Å². The van der Waals surface area contributed by atoms with Crippen LogP contribution in [0, 0.1) is 0 Å². The first-order valence-corrected chi connectivity index (χ1v) is 12.9. The molecule has 3 aromatic carbocycles. The van der Waals surface area contributed by atoms with E-state index < -0.39 is 6.04 Å². The first kappa shape index (κ1) is 27.6. The van der Waals surface area contributed by atoms with Crippen molar-refractivity contribution in [2.24, 2.45) is 0 Å². The molecule has 1 unspecified atom stereocenters. The molecule has 3 rings (SSSR count). The zero-order valence-corrected chi connectivity index (χ0v) is 22.7. The summed E-state index contributed by atoms with van der Waals surface area (Å²) < 4.78 is 11.8. The maximum atomic E-state index is 13.6. The van der Waals surface area contributed by atoms with Crippen LogP contribution in [0.3, 0.4) is 0 Å². The standard InChI is InChI=1S/C28H30BrClN2O4/c1-3-14-31-28(34)25(16-20-8-5-4-6-9-20)32(18-21-10-7-11-23(15-21)35-2)27(33)19-36-26-13-12-22(30)17-24(26)29/h4-13,15,17,25H,3,14,16,18-19H2,1-2H3,(H,31,34). The summed E-state index contributed by atoms with van der Waals surface area (Å²) in [4.78, 5) is 28.5. The normalized spacial score (nSPS) is 11.4. The molecule has 8 heteroatoms. The maximum absolute atomic E-state index is 13.6. The Hall–Kier alpha value is -3.03. The maximum Gasteiger partial charge on any atom is 0.261 e. The van der Waals surface area contributed by atoms with Crippen LogP contribution in [0.4, 0.5) is 0 Å². The van der Waals surface area contributed by atoms with E-state index in [4.69, 9.17) is 21.1 Å². The van der Waals surface area contributed by atoms with Gasteiger partial charge in [0.1, 0.15) is 17.5 Å². The average Bonchev–Trinajstić information content (AvgIpc) is 2.89. The van der Waals surface area contributed by atoms with E-state index in [1.54, 1.807) is 30.2 Å². The Morgan fingerprint density at radius 2 is 1.78 bits per heavy atom. The van der Waals surface area contributed by atoms with Crippen LogP contribution in [-0.2, 0) is 22.6 Å². The summed E-state index contributed by atoms with van der Waals surface area (Å²) in [6.45, 7) is 2.50. The van der Waals surface area contributed by atoms with E-state index in [2.05, 4.69) is 21.2 Å². The minimum absolute atomic E-state index is 0.204. The summed E-state index contributed by atoms with van der Waals surface area (Å²) in [5.74, 6) is 0.650. The topological polar surface area (TPSA) is 67.9 Å². The minimum Gasteiger partial charge on any atom is -0.497 e. The number of ether oxygens (including phenoxy) is 2. The van der Waals surface area contributed by atoms with Crippen LogP contribution in [-0.4, -0.2) is 43.0 Å². The third-order valence-corrected chi connectivity index (χ3v) is 6.41. The summed E-state index contributed by atoms with van der Waals surface area (Å²) >= 11 is 9.44. The summed E-state index contributed by atoms with van der Waals surface area (Å²) in [6, 6.07) is 21.5. The van der Waals surface area contributed by atoms with Gasteiger partial charge in [0.05, 0.1) is 11.6 Å². The van der Waals surface area contributed by atoms with Gasteiger partial charge in [-0.1, -0.05) is 61.0 Å². The summed E-state index contributed by atoms with van der Waals surface area (Å²) in [5, 5.41) is 3.52. The van der Waals surface area contributed by atoms with Gasteiger partial charge in [0.2, 0.25) is 5.91 Å². The summed E-state index contributed by atoms with van der Waals surface area (Å²) in [5.41, 5.74) is 1.80. The molecule has 0 heterocycles. The fourth-order valence-corrected chi connectivity index (χ4v) is 4.50. The van der Waals surface area contributed by atoms with Gasteiger partial charge in [-0.25, -0.2) is 0 Å². The Morgan fingerprint density at radius 3 is 2.47 bits per heavy atom. The molecule has 0 radical (unpaired) electrons. The number of amides is 2. The van der Waals surface area contributed by atoms with Crippen molar-refractivity contribution in [2.45, 2.75) is 32.4 Å². The van der Waals surface area contributed by atoms with Crippen molar-refractivity contribution in [2.75, 3.05) is 20.3 Å². The molecule has 0 fully saturated rings. The third kappa shape index (κ3) is 8.00. The molecular formula is C28H30BrClN2O4. The van der Waals surface area contributed by atoms with Crippen molar-refractivity contribution in [3.8, 4) is 11.5 Å². The predicted molar refractivity (Wildman–Crippen MR) is 145 cm³/mol. The molecule has 0 saturated heterocycles. The Labute approximate surface area is 225 Å². The van der Waals surface area contributed by atoms with Gasteiger partial charge in [0.25, 0.3) is 5.91 Å². The summed E-state index contributed by atoms with van der Waals surface area (Å²) in [6.07, 6.45) is 1.16. The predicted octanol–water partition coefficient (Wildman–Crippen LogP) is 5.66. The molecule has 1 N–H and O–H groups in total. The number of rotatable bonds is 12. The lowest BCUT2D eigenvalue weighted by atomic mass is 10.0. The number of benzene rings is 3. The third-order valence-electron chi connectivity index (χ3n) is 5.55. The lowest BCUT2D eigenvalue weighted by Crippen LogP contribution is -2.51. The molecule has 0 spiro atoms. The minimum atomic E-state index is -0.727. The molecule has 6 nitrogen and oxygen atoms in total. The molecule has 3 aromatic rings. The second-order valence-electron chi connectivity index (χ2n) is 8.23. The SMILES string of the molecule is CCCNC(=O)C(Cc1ccccc1)N(Cc1cccc(OC)c1)C(=O)COc1ccc(Cl)cc1Br. The molecular weight excluding hydrogens is 544 g/mol. The van der Waals surface area contributed by atoms with E-state index >= 15 is 0 Å². The lowest BCUT2D eigenvalue weighted by Gasteiger charge is -2.31. The largest absolute Gasteiger partial charge is 0.497 e. The highest BCUT2D eigenvalue weighted by atomic mass is 79.9. The van der Waals surface area contributed by atoms with Gasteiger partial charge >= 0.3 is 0 Å². The van der Waals surface area contributed by atoms with Crippen LogP contribution in [0.5, 0.6) is 11.5 Å². The molecule has 190 valence electrons. The van der Waals surface area contributed by atoms with E-state index in [-0.39, 0.29) is 25.0 Å². The highest BCUT2D eigenvalue weighted by Crippen LogP contribution is 2.28. The Balaban J connectivity index is 1.91. The molecule has 2 amide bonds. The average molecular weight is 574 g/mol. The highest BCUT2D eigenvalue weighted by Gasteiger charge is 2.30. The van der Waals surface area contributed by atoms with Gasteiger partial charge < -0.3 is 19.7 Å². The molecule has 0 aliphatic rings. The van der Waals surface area contributed by atoms with Crippen molar-refractivity contribution >= 4 is 39.3 Å². The van der Waals surface area contributed by atoms with Crippen molar-refractivity contribution in [3.05, 3.63) is 93.4 Å². The quantitative estimate of drug-likeness (QED) is 0.304. The fourth-order valence-electron chi connectivity index (χ4n) is 3.70. The molecule has 0 saturated carbocycles. The molecule has 0 aliphatic carbocycles. The number of carbonyl (C=O) groups excluding carboxylic acids is 2. The first-order chi connectivity index (χ1) is 17.4. The van der Waals surface area contributed by atoms with E-state index in [0.717, 1.165) is 17.5 Å². The molecule has 0 aromatic heterocycles. The van der Waals surface area contributed by atoms with Gasteiger partial charge in [-0.3, -0.25) is 9.59 Å². The van der Waals surface area contributed by atoms with Crippen molar-refractivity contribution in [1.82, 2.24) is 10.2 Å².